The summed E-state index contributed by atoms with van der Waals surface area (Å²) in [6, 6.07) is 0. The van der Waals surface area contributed by atoms with Crippen LogP contribution in [0.25, 0.3) is 0 Å². The van der Waals surface area contributed by atoms with Gasteiger partial charge in [-0.1, -0.05) is 18.2 Å². The lowest BCUT2D eigenvalue weighted by atomic mass is 9.76. The molecule has 16 heavy (non-hydrogen) atoms. The Hall–Kier alpha value is -0.640. The lowest BCUT2D eigenvalue weighted by Crippen LogP contribution is -2.37. The highest BCUT2D eigenvalue weighted by Crippen LogP contribution is 2.50. The third-order valence-corrected chi connectivity index (χ3v) is 3.97. The van der Waals surface area contributed by atoms with Crippen LogP contribution >= 0.6 is 0 Å². The molecule has 0 aromatic rings. The van der Waals surface area contributed by atoms with Crippen molar-refractivity contribution in [3.05, 3.63) is 24.8 Å². The third kappa shape index (κ3) is 1.95. The Kier molecular flexibility index (Phi) is 2.95. The highest BCUT2D eigenvalue weighted by molar-refractivity contribution is 5.16. The molecular formula is C13H20O3. The molecule has 1 unspecified atom stereocenters. The summed E-state index contributed by atoms with van der Waals surface area (Å²) in [6.45, 7) is 9.50. The zero-order valence-electron chi connectivity index (χ0n) is 9.72. The largest absolute Gasteiger partial charge is 0.390 e. The second-order valence-electron chi connectivity index (χ2n) is 5.14. The number of fused-ring (bicyclic) bond motifs is 1. The van der Waals surface area contributed by atoms with E-state index in [0.29, 0.717) is 12.8 Å². The van der Waals surface area contributed by atoms with Crippen molar-refractivity contribution >= 4 is 0 Å². The molecule has 2 fully saturated rings. The number of aliphatic hydroxyl groups excluding tert-OH is 2. The average Bonchev–Trinajstić information content (AvgIpc) is 2.90. The first-order valence-corrected chi connectivity index (χ1v) is 5.81. The fourth-order valence-electron chi connectivity index (χ4n) is 2.56. The average molecular weight is 224 g/mol. The normalized spacial score (nSPS) is 43.3. The zero-order chi connectivity index (χ0) is 11.9. The van der Waals surface area contributed by atoms with Gasteiger partial charge in [0.1, 0.15) is 5.60 Å². The molecule has 0 aromatic carbocycles. The van der Waals surface area contributed by atoms with E-state index in [1.165, 1.54) is 6.08 Å². The van der Waals surface area contributed by atoms with Crippen LogP contribution in [0, 0.1) is 5.92 Å². The fourth-order valence-corrected chi connectivity index (χ4v) is 2.56. The second-order valence-corrected chi connectivity index (χ2v) is 5.14. The molecule has 0 bridgehead atoms. The Balaban J connectivity index is 1.92. The van der Waals surface area contributed by atoms with E-state index in [-0.39, 0.29) is 17.6 Å². The van der Waals surface area contributed by atoms with Gasteiger partial charge < -0.3 is 14.9 Å². The van der Waals surface area contributed by atoms with Crippen molar-refractivity contribution in [2.24, 2.45) is 5.92 Å². The van der Waals surface area contributed by atoms with Crippen molar-refractivity contribution in [1.82, 2.24) is 0 Å². The molecular weight excluding hydrogens is 204 g/mol. The fraction of sp³-hybridized carbons (Fsp3) is 0.692. The van der Waals surface area contributed by atoms with Crippen LogP contribution in [0.2, 0.25) is 0 Å². The van der Waals surface area contributed by atoms with Gasteiger partial charge in [0.05, 0.1) is 18.3 Å². The molecule has 2 aliphatic rings. The molecule has 0 radical (unpaired) electrons. The summed E-state index contributed by atoms with van der Waals surface area (Å²) >= 11 is 0. The van der Waals surface area contributed by atoms with Gasteiger partial charge in [0.25, 0.3) is 0 Å². The molecule has 1 saturated heterocycles. The van der Waals surface area contributed by atoms with Crippen molar-refractivity contribution in [2.75, 3.05) is 0 Å². The minimum Gasteiger partial charge on any atom is -0.390 e. The van der Waals surface area contributed by atoms with E-state index in [9.17, 15) is 10.2 Å². The molecule has 3 nitrogen and oxygen atoms in total. The van der Waals surface area contributed by atoms with Gasteiger partial charge >= 0.3 is 0 Å². The van der Waals surface area contributed by atoms with Crippen LogP contribution in [0.4, 0.5) is 0 Å². The van der Waals surface area contributed by atoms with Gasteiger partial charge in [-0.25, -0.2) is 0 Å². The minimum atomic E-state index is -0.530. The van der Waals surface area contributed by atoms with Gasteiger partial charge in [-0.2, -0.15) is 0 Å². The van der Waals surface area contributed by atoms with E-state index >= 15 is 0 Å². The van der Waals surface area contributed by atoms with Crippen molar-refractivity contribution in [2.45, 2.75) is 50.1 Å². The maximum atomic E-state index is 9.94. The van der Waals surface area contributed by atoms with E-state index in [0.717, 1.165) is 12.0 Å². The van der Waals surface area contributed by atoms with Crippen molar-refractivity contribution < 1.29 is 14.9 Å². The third-order valence-electron chi connectivity index (χ3n) is 3.97. The lowest BCUT2D eigenvalue weighted by molar-refractivity contribution is 0.0629. The van der Waals surface area contributed by atoms with Crippen molar-refractivity contribution in [1.29, 1.82) is 0 Å². The van der Waals surface area contributed by atoms with E-state index in [4.69, 9.17) is 4.74 Å². The van der Waals surface area contributed by atoms with E-state index in [1.54, 1.807) is 0 Å². The molecule has 90 valence electrons. The maximum absolute atomic E-state index is 9.94. The van der Waals surface area contributed by atoms with Gasteiger partial charge in [-0.05, 0) is 32.1 Å². The second kappa shape index (κ2) is 3.99. The molecule has 1 aliphatic carbocycles. The van der Waals surface area contributed by atoms with Crippen LogP contribution < -0.4 is 0 Å². The summed E-state index contributed by atoms with van der Waals surface area (Å²) in [6.07, 6.45) is 2.88. The summed E-state index contributed by atoms with van der Waals surface area (Å²) < 4.78 is 5.52. The SMILES string of the molecule is C=CC(O)CC(=C)[C@@H]1C[C@H](O)[C@]2(C)O[C@@H]2C1. The Morgan fingerprint density at radius 2 is 2.31 bits per heavy atom. The molecule has 0 spiro atoms. The van der Waals surface area contributed by atoms with E-state index < -0.39 is 12.2 Å². The monoisotopic (exact) mass is 224 g/mol. The molecule has 2 rings (SSSR count). The standard InChI is InChI=1S/C13H20O3/c1-4-10(14)5-8(2)9-6-11(15)13(3)12(7-9)16-13/h4,9-12,14-15H,1-2,5-7H2,3H3/t9-,10?,11+,12-,13+/m1/s1. The topological polar surface area (TPSA) is 53.0 Å². The molecule has 2 N–H and O–H groups in total. The van der Waals surface area contributed by atoms with Crippen molar-refractivity contribution in [3.8, 4) is 0 Å². The maximum Gasteiger partial charge on any atom is 0.118 e. The first-order chi connectivity index (χ1) is 7.47. The van der Waals surface area contributed by atoms with Gasteiger partial charge in [0.2, 0.25) is 0 Å². The molecule has 0 amide bonds. The predicted octanol–water partition coefficient (Wildman–Crippen LogP) is 1.41. The summed E-state index contributed by atoms with van der Waals surface area (Å²) in [4.78, 5) is 0. The summed E-state index contributed by atoms with van der Waals surface area (Å²) in [7, 11) is 0. The molecule has 1 heterocycles. The van der Waals surface area contributed by atoms with Gasteiger partial charge in [0, 0.05) is 0 Å². The quantitative estimate of drug-likeness (QED) is 0.560. The number of rotatable bonds is 4. The first kappa shape index (κ1) is 11.8. The number of hydrogen-bond acceptors (Lipinski definition) is 3. The molecule has 1 aliphatic heterocycles. The number of hydrogen-bond donors (Lipinski definition) is 2. The highest BCUT2D eigenvalue weighted by atomic mass is 16.6. The van der Waals surface area contributed by atoms with Crippen LogP contribution in [0.5, 0.6) is 0 Å². The molecule has 5 atom stereocenters. The number of epoxide rings is 1. The van der Waals surface area contributed by atoms with E-state index in [2.05, 4.69) is 13.2 Å². The smallest absolute Gasteiger partial charge is 0.118 e. The van der Waals surface area contributed by atoms with E-state index in [1.807, 2.05) is 6.92 Å². The summed E-state index contributed by atoms with van der Waals surface area (Å²) in [5, 5.41) is 19.4. The van der Waals surface area contributed by atoms with Crippen LogP contribution in [0.1, 0.15) is 26.2 Å². The minimum absolute atomic E-state index is 0.166. The zero-order valence-corrected chi connectivity index (χ0v) is 9.72. The Labute approximate surface area is 96.4 Å². The highest BCUT2D eigenvalue weighted by Gasteiger charge is 2.61. The summed E-state index contributed by atoms with van der Waals surface area (Å²) in [5.41, 5.74) is 0.678. The molecule has 0 aromatic heterocycles. The van der Waals surface area contributed by atoms with Crippen LogP contribution in [-0.4, -0.2) is 34.1 Å². The molecule has 1 saturated carbocycles. The van der Waals surface area contributed by atoms with Crippen molar-refractivity contribution in [3.63, 3.8) is 0 Å². The predicted molar refractivity (Wildman–Crippen MR) is 62.0 cm³/mol. The lowest BCUT2D eigenvalue weighted by Gasteiger charge is -2.29. The summed E-state index contributed by atoms with van der Waals surface area (Å²) in [5.74, 6) is 0.255. The number of ether oxygens (including phenoxy) is 1. The van der Waals surface area contributed by atoms with Crippen LogP contribution in [0.15, 0.2) is 24.8 Å². The van der Waals surface area contributed by atoms with Crippen LogP contribution in [-0.2, 0) is 4.74 Å². The Morgan fingerprint density at radius 3 is 2.88 bits per heavy atom. The van der Waals surface area contributed by atoms with Gasteiger partial charge in [-0.15, -0.1) is 6.58 Å². The van der Waals surface area contributed by atoms with Gasteiger partial charge in [-0.3, -0.25) is 0 Å². The van der Waals surface area contributed by atoms with Crippen LogP contribution in [0.3, 0.4) is 0 Å². The van der Waals surface area contributed by atoms with Gasteiger partial charge in [0.15, 0.2) is 0 Å². The Bertz CT molecular complexity index is 312. The number of aliphatic hydroxyl groups is 2. The Morgan fingerprint density at radius 1 is 1.62 bits per heavy atom. The first-order valence-electron chi connectivity index (χ1n) is 5.81. The molecule has 3 heteroatoms.